The standard InChI is InChI=1S/C19H18N2O4/c22-19(20-11-15-12-23-8-9-24-15)14-6-7-17-16(10-14)18(25-21-17)13-4-2-1-3-5-13/h1-7,10,15H,8-9,11-12H2,(H,20,22). The Hall–Kier alpha value is -2.70. The van der Waals surface area contributed by atoms with Gasteiger partial charge in [-0.1, -0.05) is 35.5 Å². The number of nitrogens with zero attached hydrogens (tertiary/aromatic N) is 1. The van der Waals surface area contributed by atoms with Crippen LogP contribution in [0.25, 0.3) is 22.2 Å². The van der Waals surface area contributed by atoms with Crippen molar-refractivity contribution in [2.45, 2.75) is 6.10 Å². The number of aromatic nitrogens is 1. The van der Waals surface area contributed by atoms with E-state index in [-0.39, 0.29) is 12.0 Å². The van der Waals surface area contributed by atoms with Crippen LogP contribution in [-0.4, -0.2) is 43.5 Å². The lowest BCUT2D eigenvalue weighted by molar-refractivity contribution is -0.0855. The van der Waals surface area contributed by atoms with Crippen LogP contribution in [-0.2, 0) is 9.47 Å². The molecule has 1 unspecified atom stereocenters. The predicted octanol–water partition coefficient (Wildman–Crippen LogP) is 2.64. The minimum atomic E-state index is -0.156. The smallest absolute Gasteiger partial charge is 0.251 e. The Morgan fingerprint density at radius 1 is 1.16 bits per heavy atom. The molecule has 4 rings (SSSR count). The van der Waals surface area contributed by atoms with Gasteiger partial charge in [0.05, 0.1) is 31.3 Å². The minimum Gasteiger partial charge on any atom is -0.376 e. The van der Waals surface area contributed by atoms with Crippen LogP contribution in [0.4, 0.5) is 0 Å². The highest BCUT2D eigenvalue weighted by Crippen LogP contribution is 2.29. The zero-order valence-electron chi connectivity index (χ0n) is 13.6. The first-order chi connectivity index (χ1) is 12.3. The number of carbonyl (C=O) groups excluding carboxylic acids is 1. The van der Waals surface area contributed by atoms with Crippen molar-refractivity contribution >= 4 is 16.8 Å². The van der Waals surface area contributed by atoms with Gasteiger partial charge in [-0.05, 0) is 18.2 Å². The molecule has 1 aromatic heterocycles. The lowest BCUT2D eigenvalue weighted by Gasteiger charge is -2.23. The molecule has 1 fully saturated rings. The highest BCUT2D eigenvalue weighted by Gasteiger charge is 2.17. The first-order valence-electron chi connectivity index (χ1n) is 8.23. The largest absolute Gasteiger partial charge is 0.376 e. The van der Waals surface area contributed by atoms with E-state index in [9.17, 15) is 4.79 Å². The van der Waals surface area contributed by atoms with Gasteiger partial charge in [-0.2, -0.15) is 0 Å². The third-order valence-electron chi connectivity index (χ3n) is 4.15. The first kappa shape index (κ1) is 15.8. The summed E-state index contributed by atoms with van der Waals surface area (Å²) in [5.74, 6) is 0.505. The molecule has 3 aromatic rings. The first-order valence-corrected chi connectivity index (χ1v) is 8.23. The number of amides is 1. The lowest BCUT2D eigenvalue weighted by Crippen LogP contribution is -2.39. The van der Waals surface area contributed by atoms with E-state index in [1.807, 2.05) is 36.4 Å². The lowest BCUT2D eigenvalue weighted by atomic mass is 10.1. The van der Waals surface area contributed by atoms with Gasteiger partial charge in [-0.25, -0.2) is 0 Å². The predicted molar refractivity (Wildman–Crippen MR) is 92.3 cm³/mol. The molecule has 0 saturated carbocycles. The highest BCUT2D eigenvalue weighted by molar-refractivity contribution is 6.00. The SMILES string of the molecule is O=C(NCC1COCCO1)c1ccc2noc(-c3ccccc3)c2c1. The van der Waals surface area contributed by atoms with Gasteiger partial charge >= 0.3 is 0 Å². The maximum absolute atomic E-state index is 12.4. The average molecular weight is 338 g/mol. The van der Waals surface area contributed by atoms with Crippen LogP contribution in [0.3, 0.4) is 0 Å². The summed E-state index contributed by atoms with van der Waals surface area (Å²) in [6.07, 6.45) is -0.100. The number of nitrogens with one attached hydrogen (secondary N) is 1. The monoisotopic (exact) mass is 338 g/mol. The van der Waals surface area contributed by atoms with Gasteiger partial charge in [0.1, 0.15) is 5.52 Å². The van der Waals surface area contributed by atoms with Crippen molar-refractivity contribution in [1.29, 1.82) is 0 Å². The van der Waals surface area contributed by atoms with Crippen molar-refractivity contribution in [3.05, 3.63) is 54.1 Å². The summed E-state index contributed by atoms with van der Waals surface area (Å²) in [5, 5.41) is 7.78. The second-order valence-electron chi connectivity index (χ2n) is 5.89. The molecule has 6 nitrogen and oxygen atoms in total. The van der Waals surface area contributed by atoms with Gasteiger partial charge in [0.2, 0.25) is 0 Å². The third-order valence-corrected chi connectivity index (χ3v) is 4.15. The van der Waals surface area contributed by atoms with E-state index in [2.05, 4.69) is 10.5 Å². The maximum atomic E-state index is 12.4. The Labute approximate surface area is 144 Å². The Balaban J connectivity index is 1.54. The zero-order valence-corrected chi connectivity index (χ0v) is 13.6. The fourth-order valence-electron chi connectivity index (χ4n) is 2.84. The van der Waals surface area contributed by atoms with Crippen molar-refractivity contribution < 1.29 is 18.8 Å². The van der Waals surface area contributed by atoms with Gasteiger partial charge in [0.25, 0.3) is 5.91 Å². The maximum Gasteiger partial charge on any atom is 0.251 e. The molecule has 0 aliphatic carbocycles. The van der Waals surface area contributed by atoms with Crippen molar-refractivity contribution in [2.24, 2.45) is 0 Å². The van der Waals surface area contributed by atoms with Gasteiger partial charge in [-0.3, -0.25) is 4.79 Å². The van der Waals surface area contributed by atoms with Gasteiger partial charge in [0, 0.05) is 17.7 Å². The van der Waals surface area contributed by atoms with E-state index in [1.54, 1.807) is 12.1 Å². The Morgan fingerprint density at radius 2 is 2.04 bits per heavy atom. The zero-order chi connectivity index (χ0) is 17.1. The number of hydrogen-bond acceptors (Lipinski definition) is 5. The molecule has 25 heavy (non-hydrogen) atoms. The van der Waals surface area contributed by atoms with Crippen molar-refractivity contribution in [2.75, 3.05) is 26.4 Å². The number of hydrogen-bond donors (Lipinski definition) is 1. The molecular weight excluding hydrogens is 320 g/mol. The number of benzene rings is 2. The van der Waals surface area contributed by atoms with Crippen LogP contribution in [0, 0.1) is 0 Å². The molecule has 0 radical (unpaired) electrons. The van der Waals surface area contributed by atoms with Gasteiger partial charge in [-0.15, -0.1) is 0 Å². The second-order valence-corrected chi connectivity index (χ2v) is 5.89. The Morgan fingerprint density at radius 3 is 2.84 bits per heavy atom. The summed E-state index contributed by atoms with van der Waals surface area (Å²) in [4.78, 5) is 12.4. The molecule has 1 saturated heterocycles. The van der Waals surface area contributed by atoms with Crippen molar-refractivity contribution in [1.82, 2.24) is 10.5 Å². The molecule has 2 heterocycles. The van der Waals surface area contributed by atoms with Crippen molar-refractivity contribution in [3.8, 4) is 11.3 Å². The van der Waals surface area contributed by atoms with Crippen LogP contribution in [0.2, 0.25) is 0 Å². The summed E-state index contributed by atoms with van der Waals surface area (Å²) >= 11 is 0. The van der Waals surface area contributed by atoms with Crippen LogP contribution < -0.4 is 5.32 Å². The summed E-state index contributed by atoms with van der Waals surface area (Å²) in [6.45, 7) is 2.10. The molecule has 2 aromatic carbocycles. The molecule has 1 amide bonds. The molecule has 6 heteroatoms. The second kappa shape index (κ2) is 7.04. The Bertz CT molecular complexity index is 870. The molecule has 0 bridgehead atoms. The number of rotatable bonds is 4. The molecule has 1 aliphatic rings. The van der Waals surface area contributed by atoms with Crippen molar-refractivity contribution in [3.63, 3.8) is 0 Å². The highest BCUT2D eigenvalue weighted by atomic mass is 16.6. The minimum absolute atomic E-state index is 0.100. The van der Waals surface area contributed by atoms with E-state index in [0.717, 1.165) is 16.5 Å². The van der Waals surface area contributed by atoms with Crippen LogP contribution in [0.1, 0.15) is 10.4 Å². The molecule has 1 atom stereocenters. The summed E-state index contributed by atoms with van der Waals surface area (Å²) in [5.41, 5.74) is 2.21. The third kappa shape index (κ3) is 3.40. The van der Waals surface area contributed by atoms with E-state index in [0.29, 0.717) is 37.7 Å². The fourth-order valence-corrected chi connectivity index (χ4v) is 2.84. The van der Waals surface area contributed by atoms with Gasteiger partial charge < -0.3 is 19.3 Å². The topological polar surface area (TPSA) is 73.6 Å². The Kier molecular flexibility index (Phi) is 4.45. The summed E-state index contributed by atoms with van der Waals surface area (Å²) in [6, 6.07) is 15.1. The van der Waals surface area contributed by atoms with Crippen LogP contribution in [0.5, 0.6) is 0 Å². The molecule has 1 N–H and O–H groups in total. The number of carbonyl (C=O) groups is 1. The van der Waals surface area contributed by atoms with Crippen LogP contribution in [0.15, 0.2) is 53.1 Å². The van der Waals surface area contributed by atoms with Crippen LogP contribution >= 0.6 is 0 Å². The normalized spacial score (nSPS) is 17.5. The molecular formula is C19H18N2O4. The number of ether oxygens (including phenoxy) is 2. The fraction of sp³-hybridized carbons (Fsp3) is 0.263. The quantitative estimate of drug-likeness (QED) is 0.792. The molecule has 128 valence electrons. The molecule has 1 aliphatic heterocycles. The summed E-state index contributed by atoms with van der Waals surface area (Å²) in [7, 11) is 0. The van der Waals surface area contributed by atoms with E-state index < -0.39 is 0 Å². The van der Waals surface area contributed by atoms with Gasteiger partial charge in [0.15, 0.2) is 5.76 Å². The van der Waals surface area contributed by atoms with E-state index in [1.165, 1.54) is 0 Å². The summed E-state index contributed by atoms with van der Waals surface area (Å²) < 4.78 is 16.3. The molecule has 0 spiro atoms. The van der Waals surface area contributed by atoms with E-state index in [4.69, 9.17) is 14.0 Å². The van der Waals surface area contributed by atoms with E-state index >= 15 is 0 Å². The number of fused-ring (bicyclic) bond motifs is 1. The average Bonchev–Trinajstić information content (AvgIpc) is 3.11.